The second-order valence-corrected chi connectivity index (χ2v) is 6.43. The van der Waals surface area contributed by atoms with Gasteiger partial charge < -0.3 is 0 Å². The molecule has 4 nitrogen and oxygen atoms in total. The fourth-order valence-electron chi connectivity index (χ4n) is 2.15. The number of benzene rings is 1. The summed E-state index contributed by atoms with van der Waals surface area (Å²) in [6.07, 6.45) is 2.21. The van der Waals surface area contributed by atoms with E-state index in [2.05, 4.69) is 4.72 Å². The first-order chi connectivity index (χ1) is 8.55. The second-order valence-electron chi connectivity index (χ2n) is 4.68. The van der Waals surface area contributed by atoms with Crippen LogP contribution in [0.3, 0.4) is 0 Å². The van der Waals surface area contributed by atoms with Gasteiger partial charge in [0.15, 0.2) is 0 Å². The van der Waals surface area contributed by atoms with Crippen LogP contribution in [0.4, 0.5) is 0 Å². The summed E-state index contributed by atoms with van der Waals surface area (Å²) in [4.78, 5) is 11.1. The van der Waals surface area contributed by atoms with Crippen LogP contribution in [0.15, 0.2) is 30.3 Å². The number of carbonyl (C=O) groups is 1. The van der Waals surface area contributed by atoms with Crippen molar-refractivity contribution >= 4 is 15.8 Å². The largest absolute Gasteiger partial charge is 0.300 e. The average molecular weight is 267 g/mol. The van der Waals surface area contributed by atoms with Crippen molar-refractivity contribution < 1.29 is 13.2 Å². The lowest BCUT2D eigenvalue weighted by Crippen LogP contribution is -2.38. The van der Waals surface area contributed by atoms with Gasteiger partial charge in [-0.25, -0.2) is 13.1 Å². The van der Waals surface area contributed by atoms with Crippen LogP contribution in [0.1, 0.15) is 31.2 Å². The molecule has 1 aliphatic rings. The predicted octanol–water partition coefficient (Wildman–Crippen LogP) is 1.62. The van der Waals surface area contributed by atoms with Crippen LogP contribution in [-0.4, -0.2) is 20.2 Å². The van der Waals surface area contributed by atoms with Gasteiger partial charge in [0.05, 0.1) is 5.75 Å². The lowest BCUT2D eigenvalue weighted by atomic mass is 9.95. The molecule has 0 heterocycles. The molecule has 98 valence electrons. The molecule has 0 radical (unpaired) electrons. The molecule has 5 heteroatoms. The Morgan fingerprint density at radius 3 is 2.33 bits per heavy atom. The monoisotopic (exact) mass is 267 g/mol. The molecule has 1 fully saturated rings. The highest BCUT2D eigenvalue weighted by molar-refractivity contribution is 7.88. The van der Waals surface area contributed by atoms with E-state index < -0.39 is 10.0 Å². The molecule has 0 unspecified atom stereocenters. The first kappa shape index (κ1) is 13.2. The van der Waals surface area contributed by atoms with Crippen LogP contribution >= 0.6 is 0 Å². The molecule has 0 amide bonds. The Bertz CT molecular complexity index is 500. The van der Waals surface area contributed by atoms with Crippen LogP contribution in [0.5, 0.6) is 0 Å². The summed E-state index contributed by atoms with van der Waals surface area (Å²) in [6.45, 7) is 0. The summed E-state index contributed by atoms with van der Waals surface area (Å²) in [5, 5.41) is 0. The van der Waals surface area contributed by atoms with Gasteiger partial charge in [-0.05, 0) is 18.4 Å². The van der Waals surface area contributed by atoms with Crippen molar-refractivity contribution in [3.63, 3.8) is 0 Å². The fraction of sp³-hybridized carbons (Fsp3) is 0.462. The minimum Gasteiger partial charge on any atom is -0.300 e. The summed E-state index contributed by atoms with van der Waals surface area (Å²) in [5.41, 5.74) is 0.775. The molecule has 2 rings (SSSR count). The minimum absolute atomic E-state index is 0.00170. The summed E-state index contributed by atoms with van der Waals surface area (Å²) in [6, 6.07) is 9.01. The van der Waals surface area contributed by atoms with E-state index in [-0.39, 0.29) is 17.6 Å². The van der Waals surface area contributed by atoms with Crippen LogP contribution < -0.4 is 4.72 Å². The van der Waals surface area contributed by atoms with Crippen molar-refractivity contribution in [1.29, 1.82) is 0 Å². The van der Waals surface area contributed by atoms with Gasteiger partial charge in [0.25, 0.3) is 0 Å². The molecule has 1 saturated carbocycles. The highest BCUT2D eigenvalue weighted by Crippen LogP contribution is 2.16. The van der Waals surface area contributed by atoms with Gasteiger partial charge in [-0.3, -0.25) is 4.79 Å². The SMILES string of the molecule is O=C1CCC(NS(=O)(=O)Cc2ccccc2)CC1. The maximum atomic E-state index is 12.0. The van der Waals surface area contributed by atoms with Gasteiger partial charge in [0.2, 0.25) is 10.0 Å². The van der Waals surface area contributed by atoms with E-state index in [1.54, 1.807) is 12.1 Å². The van der Waals surface area contributed by atoms with E-state index in [0.29, 0.717) is 25.7 Å². The Balaban J connectivity index is 1.93. The number of Topliss-reactive ketones (excluding diaryl/α,β-unsaturated/α-hetero) is 1. The smallest absolute Gasteiger partial charge is 0.216 e. The first-order valence-electron chi connectivity index (χ1n) is 6.11. The molecule has 0 bridgehead atoms. The van der Waals surface area contributed by atoms with Crippen molar-refractivity contribution in [3.05, 3.63) is 35.9 Å². The van der Waals surface area contributed by atoms with E-state index in [1.807, 2.05) is 18.2 Å². The molecule has 0 saturated heterocycles. The fourth-order valence-corrected chi connectivity index (χ4v) is 3.61. The summed E-state index contributed by atoms with van der Waals surface area (Å²) < 4.78 is 26.6. The molecule has 0 aromatic heterocycles. The molecule has 0 atom stereocenters. The second kappa shape index (κ2) is 5.63. The van der Waals surface area contributed by atoms with Crippen molar-refractivity contribution in [2.45, 2.75) is 37.5 Å². The number of sulfonamides is 1. The maximum absolute atomic E-state index is 12.0. The number of rotatable bonds is 4. The molecule has 1 aliphatic carbocycles. The van der Waals surface area contributed by atoms with Crippen LogP contribution in [0, 0.1) is 0 Å². The third-order valence-corrected chi connectivity index (χ3v) is 4.49. The summed E-state index contributed by atoms with van der Waals surface area (Å²) >= 11 is 0. The zero-order valence-electron chi connectivity index (χ0n) is 10.1. The highest BCUT2D eigenvalue weighted by Gasteiger charge is 2.23. The Labute approximate surface area is 107 Å². The molecule has 0 spiro atoms. The van der Waals surface area contributed by atoms with Crippen molar-refractivity contribution in [3.8, 4) is 0 Å². The quantitative estimate of drug-likeness (QED) is 0.901. The van der Waals surface area contributed by atoms with Crippen LogP contribution in [0.2, 0.25) is 0 Å². The first-order valence-corrected chi connectivity index (χ1v) is 7.76. The van der Waals surface area contributed by atoms with Crippen molar-refractivity contribution in [2.24, 2.45) is 0 Å². The molecule has 1 aromatic rings. The van der Waals surface area contributed by atoms with Crippen molar-refractivity contribution in [1.82, 2.24) is 4.72 Å². The normalized spacial score (nSPS) is 17.9. The standard InChI is InChI=1S/C13H17NO3S/c15-13-8-6-12(7-9-13)14-18(16,17)10-11-4-2-1-3-5-11/h1-5,12,14H,6-10H2. The van der Waals surface area contributed by atoms with Crippen LogP contribution in [-0.2, 0) is 20.6 Å². The molecular weight excluding hydrogens is 250 g/mol. The van der Waals surface area contributed by atoms with Gasteiger partial charge in [0.1, 0.15) is 5.78 Å². The maximum Gasteiger partial charge on any atom is 0.216 e. The predicted molar refractivity (Wildman–Crippen MR) is 69.5 cm³/mol. The van der Waals surface area contributed by atoms with Gasteiger partial charge in [-0.15, -0.1) is 0 Å². The van der Waals surface area contributed by atoms with Crippen LogP contribution in [0.25, 0.3) is 0 Å². The van der Waals surface area contributed by atoms with E-state index in [4.69, 9.17) is 0 Å². The van der Waals surface area contributed by atoms with E-state index in [1.165, 1.54) is 0 Å². The third kappa shape index (κ3) is 3.92. The number of nitrogens with one attached hydrogen (secondary N) is 1. The Hall–Kier alpha value is -1.20. The lowest BCUT2D eigenvalue weighted by Gasteiger charge is -2.22. The molecule has 1 aromatic carbocycles. The van der Waals surface area contributed by atoms with Gasteiger partial charge in [-0.2, -0.15) is 0 Å². The Morgan fingerprint density at radius 2 is 1.72 bits per heavy atom. The molecule has 0 aliphatic heterocycles. The number of ketones is 1. The summed E-state index contributed by atoms with van der Waals surface area (Å²) in [5.74, 6) is 0.228. The zero-order valence-corrected chi connectivity index (χ0v) is 10.9. The Morgan fingerprint density at radius 1 is 1.11 bits per heavy atom. The molecular formula is C13H17NO3S. The van der Waals surface area contributed by atoms with Gasteiger partial charge in [-0.1, -0.05) is 30.3 Å². The van der Waals surface area contributed by atoms with E-state index >= 15 is 0 Å². The van der Waals surface area contributed by atoms with Gasteiger partial charge in [0, 0.05) is 18.9 Å². The third-order valence-electron chi connectivity index (χ3n) is 3.09. The topological polar surface area (TPSA) is 63.2 Å². The average Bonchev–Trinajstić information content (AvgIpc) is 2.32. The number of carbonyl (C=O) groups excluding carboxylic acids is 1. The number of hydrogen-bond donors (Lipinski definition) is 1. The Kier molecular flexibility index (Phi) is 4.14. The molecule has 18 heavy (non-hydrogen) atoms. The van der Waals surface area contributed by atoms with Gasteiger partial charge >= 0.3 is 0 Å². The van der Waals surface area contributed by atoms with E-state index in [9.17, 15) is 13.2 Å². The zero-order chi connectivity index (χ0) is 13.0. The number of hydrogen-bond acceptors (Lipinski definition) is 3. The van der Waals surface area contributed by atoms with Crippen molar-refractivity contribution in [2.75, 3.05) is 0 Å². The summed E-state index contributed by atoms with van der Waals surface area (Å²) in [7, 11) is -3.31. The minimum atomic E-state index is -3.31. The van der Waals surface area contributed by atoms with E-state index in [0.717, 1.165) is 5.56 Å². The highest BCUT2D eigenvalue weighted by atomic mass is 32.2. The lowest BCUT2D eigenvalue weighted by molar-refractivity contribution is -0.120. The molecule has 1 N–H and O–H groups in total.